The number of ether oxygens (including phenoxy) is 1. The molecule has 2 N–H and O–H groups in total. The minimum Gasteiger partial charge on any atom is -0.496 e. The monoisotopic (exact) mass is 291 g/mol. The molecule has 0 spiro atoms. The minimum absolute atomic E-state index is 0.0597. The highest BCUT2D eigenvalue weighted by Gasteiger charge is 2.14. The summed E-state index contributed by atoms with van der Waals surface area (Å²) >= 11 is 1.49. The van der Waals surface area contributed by atoms with E-state index in [1.165, 1.54) is 11.8 Å². The number of methoxy groups -OCH3 is 1. The van der Waals surface area contributed by atoms with Crippen molar-refractivity contribution in [2.75, 3.05) is 18.7 Å². The average molecular weight is 291 g/mol. The zero-order valence-electron chi connectivity index (χ0n) is 11.6. The van der Waals surface area contributed by atoms with Crippen LogP contribution < -0.4 is 10.1 Å². The normalized spacial score (nSPS) is 11.9. The zero-order valence-corrected chi connectivity index (χ0v) is 12.5. The van der Waals surface area contributed by atoms with E-state index in [1.807, 2.05) is 37.4 Å². The van der Waals surface area contributed by atoms with E-state index >= 15 is 0 Å². The van der Waals surface area contributed by atoms with E-state index in [9.17, 15) is 4.79 Å². The topological polar surface area (TPSA) is 67.0 Å². The SMILES string of the molecule is COc1ccccc1-c1cc(NC(=O)C(C)SC)n[nH]1. The molecule has 20 heavy (non-hydrogen) atoms. The first kappa shape index (κ1) is 14.5. The second-order valence-electron chi connectivity index (χ2n) is 4.23. The van der Waals surface area contributed by atoms with Crippen molar-refractivity contribution in [3.05, 3.63) is 30.3 Å². The van der Waals surface area contributed by atoms with Crippen molar-refractivity contribution in [1.29, 1.82) is 0 Å². The first-order chi connectivity index (χ1) is 9.65. The third-order valence-corrected chi connectivity index (χ3v) is 3.87. The van der Waals surface area contributed by atoms with Gasteiger partial charge in [-0.25, -0.2) is 0 Å². The van der Waals surface area contributed by atoms with Gasteiger partial charge in [0.1, 0.15) is 5.75 Å². The van der Waals surface area contributed by atoms with E-state index in [0.717, 1.165) is 17.0 Å². The van der Waals surface area contributed by atoms with Gasteiger partial charge in [0, 0.05) is 11.6 Å². The Labute approximate surface area is 122 Å². The van der Waals surface area contributed by atoms with Crippen LogP contribution in [0.25, 0.3) is 11.3 Å². The van der Waals surface area contributed by atoms with Crippen LogP contribution in [0.15, 0.2) is 30.3 Å². The number of carbonyl (C=O) groups is 1. The lowest BCUT2D eigenvalue weighted by atomic mass is 10.1. The maximum Gasteiger partial charge on any atom is 0.238 e. The van der Waals surface area contributed by atoms with Crippen molar-refractivity contribution in [2.24, 2.45) is 0 Å². The molecule has 2 rings (SSSR count). The highest BCUT2D eigenvalue weighted by atomic mass is 32.2. The molecule has 1 aromatic carbocycles. The van der Waals surface area contributed by atoms with Gasteiger partial charge in [-0.3, -0.25) is 9.89 Å². The number of hydrogen-bond acceptors (Lipinski definition) is 4. The summed E-state index contributed by atoms with van der Waals surface area (Å²) in [5.41, 5.74) is 1.70. The number of benzene rings is 1. The molecular weight excluding hydrogens is 274 g/mol. The number of hydrogen-bond donors (Lipinski definition) is 2. The van der Waals surface area contributed by atoms with Gasteiger partial charge < -0.3 is 10.1 Å². The summed E-state index contributed by atoms with van der Waals surface area (Å²) in [6.45, 7) is 1.85. The fourth-order valence-corrected chi connectivity index (χ4v) is 2.00. The van der Waals surface area contributed by atoms with E-state index in [2.05, 4.69) is 15.5 Å². The number of aromatic nitrogens is 2. The number of nitrogens with zero attached hydrogens (tertiary/aromatic N) is 1. The lowest BCUT2D eigenvalue weighted by Gasteiger charge is -2.06. The van der Waals surface area contributed by atoms with Crippen molar-refractivity contribution >= 4 is 23.5 Å². The third kappa shape index (κ3) is 3.14. The molecule has 1 unspecified atom stereocenters. The number of amides is 1. The van der Waals surface area contributed by atoms with Crippen LogP contribution in [-0.2, 0) is 4.79 Å². The molecule has 0 saturated heterocycles. The molecule has 0 aliphatic carbocycles. The first-order valence-electron chi connectivity index (χ1n) is 6.18. The molecule has 0 bridgehead atoms. The predicted octanol–water partition coefficient (Wildman–Crippen LogP) is 2.78. The quantitative estimate of drug-likeness (QED) is 0.889. The Bertz CT molecular complexity index is 598. The zero-order chi connectivity index (χ0) is 14.5. The Morgan fingerprint density at radius 2 is 2.20 bits per heavy atom. The predicted molar refractivity (Wildman–Crippen MR) is 82.2 cm³/mol. The lowest BCUT2D eigenvalue weighted by Crippen LogP contribution is -2.22. The summed E-state index contributed by atoms with van der Waals surface area (Å²) in [6.07, 6.45) is 1.90. The van der Waals surface area contributed by atoms with Crippen LogP contribution in [0.2, 0.25) is 0 Å². The van der Waals surface area contributed by atoms with Gasteiger partial charge in [0.25, 0.3) is 0 Å². The molecule has 6 heteroatoms. The van der Waals surface area contributed by atoms with Gasteiger partial charge in [-0.1, -0.05) is 12.1 Å². The van der Waals surface area contributed by atoms with Gasteiger partial charge in [-0.2, -0.15) is 16.9 Å². The molecule has 1 heterocycles. The van der Waals surface area contributed by atoms with E-state index in [4.69, 9.17) is 4.74 Å². The maximum absolute atomic E-state index is 11.8. The lowest BCUT2D eigenvalue weighted by molar-refractivity contribution is -0.115. The largest absolute Gasteiger partial charge is 0.496 e. The van der Waals surface area contributed by atoms with Crippen LogP contribution in [0.5, 0.6) is 5.75 Å². The Hall–Kier alpha value is -1.95. The van der Waals surface area contributed by atoms with Crippen molar-refractivity contribution in [3.8, 4) is 17.0 Å². The maximum atomic E-state index is 11.8. The average Bonchev–Trinajstić information content (AvgIpc) is 2.94. The van der Waals surface area contributed by atoms with Gasteiger partial charge in [0.15, 0.2) is 5.82 Å². The molecular formula is C14H17N3O2S. The van der Waals surface area contributed by atoms with Crippen LogP contribution in [0.4, 0.5) is 5.82 Å². The fourth-order valence-electron chi connectivity index (χ4n) is 1.73. The molecule has 0 fully saturated rings. The Balaban J connectivity index is 2.19. The van der Waals surface area contributed by atoms with Crippen molar-refractivity contribution in [2.45, 2.75) is 12.2 Å². The highest BCUT2D eigenvalue weighted by Crippen LogP contribution is 2.29. The number of para-hydroxylation sites is 1. The second-order valence-corrected chi connectivity index (χ2v) is 5.41. The number of nitrogens with one attached hydrogen (secondary N) is 2. The van der Waals surface area contributed by atoms with Crippen molar-refractivity contribution in [3.63, 3.8) is 0 Å². The smallest absolute Gasteiger partial charge is 0.238 e. The van der Waals surface area contributed by atoms with Gasteiger partial charge in [-0.05, 0) is 25.3 Å². The molecule has 0 aliphatic rings. The van der Waals surface area contributed by atoms with E-state index in [-0.39, 0.29) is 11.2 Å². The highest BCUT2D eigenvalue weighted by molar-refractivity contribution is 7.99. The second kappa shape index (κ2) is 6.47. The fraction of sp³-hybridized carbons (Fsp3) is 0.286. The summed E-state index contributed by atoms with van der Waals surface area (Å²) in [7, 11) is 1.62. The summed E-state index contributed by atoms with van der Waals surface area (Å²) in [4.78, 5) is 11.8. The van der Waals surface area contributed by atoms with E-state index < -0.39 is 0 Å². The summed E-state index contributed by atoms with van der Waals surface area (Å²) in [6, 6.07) is 9.43. The van der Waals surface area contributed by atoms with E-state index in [1.54, 1.807) is 13.2 Å². The molecule has 0 aliphatic heterocycles. The van der Waals surface area contributed by atoms with Gasteiger partial charge in [-0.15, -0.1) is 0 Å². The van der Waals surface area contributed by atoms with Crippen LogP contribution in [0, 0.1) is 0 Å². The Kier molecular flexibility index (Phi) is 4.68. The molecule has 1 atom stereocenters. The molecule has 0 saturated carbocycles. The Morgan fingerprint density at radius 3 is 2.90 bits per heavy atom. The third-order valence-electron chi connectivity index (χ3n) is 2.95. The number of H-pyrrole nitrogens is 1. The first-order valence-corrected chi connectivity index (χ1v) is 7.47. The van der Waals surface area contributed by atoms with E-state index in [0.29, 0.717) is 5.82 Å². The Morgan fingerprint density at radius 1 is 1.45 bits per heavy atom. The standard InChI is InChI=1S/C14H17N3O2S/c1-9(20-3)14(18)15-13-8-11(16-17-13)10-6-4-5-7-12(10)19-2/h4-9H,1-3H3,(H2,15,16,17,18). The molecule has 1 aromatic heterocycles. The van der Waals surface area contributed by atoms with Crippen LogP contribution in [0.1, 0.15) is 6.92 Å². The number of anilines is 1. The van der Waals surface area contributed by atoms with Crippen molar-refractivity contribution in [1.82, 2.24) is 10.2 Å². The van der Waals surface area contributed by atoms with Crippen LogP contribution in [-0.4, -0.2) is 34.7 Å². The van der Waals surface area contributed by atoms with Crippen LogP contribution in [0.3, 0.4) is 0 Å². The van der Waals surface area contributed by atoms with Crippen molar-refractivity contribution < 1.29 is 9.53 Å². The molecule has 0 radical (unpaired) electrons. The summed E-state index contributed by atoms with van der Waals surface area (Å²) in [5, 5.41) is 9.68. The minimum atomic E-state index is -0.110. The number of rotatable bonds is 5. The summed E-state index contributed by atoms with van der Waals surface area (Å²) in [5.74, 6) is 1.21. The number of aromatic amines is 1. The molecule has 2 aromatic rings. The molecule has 1 amide bonds. The summed E-state index contributed by atoms with van der Waals surface area (Å²) < 4.78 is 5.31. The molecule has 5 nitrogen and oxygen atoms in total. The van der Waals surface area contributed by atoms with Crippen LogP contribution >= 0.6 is 11.8 Å². The van der Waals surface area contributed by atoms with Gasteiger partial charge in [0.05, 0.1) is 18.1 Å². The number of carbonyl (C=O) groups excluding carboxylic acids is 1. The molecule has 106 valence electrons. The van der Waals surface area contributed by atoms with Gasteiger partial charge >= 0.3 is 0 Å². The number of thioether (sulfide) groups is 1. The van der Waals surface area contributed by atoms with Gasteiger partial charge in [0.2, 0.25) is 5.91 Å².